The molecule has 0 saturated heterocycles. The number of hydrogen-bond acceptors (Lipinski definition) is 5. The largest absolute Gasteiger partial charge is 0.445 e. The molecule has 1 N–H and O–H groups in total. The lowest BCUT2D eigenvalue weighted by molar-refractivity contribution is 0.133. The predicted octanol–water partition coefficient (Wildman–Crippen LogP) is 3.02. The lowest BCUT2D eigenvalue weighted by atomic mass is 10.2. The summed E-state index contributed by atoms with van der Waals surface area (Å²) in [6.07, 6.45) is -1.36. The number of ether oxygens (including phenoxy) is 1. The number of rotatable bonds is 7. The van der Waals surface area contributed by atoms with E-state index in [1.165, 1.54) is 12.1 Å². The molecule has 25 heavy (non-hydrogen) atoms. The minimum Gasteiger partial charge on any atom is -0.445 e. The van der Waals surface area contributed by atoms with E-state index in [2.05, 4.69) is 5.32 Å². The molecule has 134 valence electrons. The van der Waals surface area contributed by atoms with Crippen molar-refractivity contribution in [2.75, 3.05) is 6.54 Å². The fourth-order valence-electron chi connectivity index (χ4n) is 2.01. The summed E-state index contributed by atoms with van der Waals surface area (Å²) in [6, 6.07) is 15.6. The zero-order valence-corrected chi connectivity index (χ0v) is 15.0. The minimum absolute atomic E-state index is 0.0126. The van der Waals surface area contributed by atoms with Gasteiger partial charge in [0.1, 0.15) is 6.61 Å². The summed E-state index contributed by atoms with van der Waals surface area (Å²) < 4.78 is 34.4. The monoisotopic (exact) mass is 363 g/mol. The average molecular weight is 363 g/mol. The Kier molecular flexibility index (Phi) is 6.55. The van der Waals surface area contributed by atoms with Crippen LogP contribution in [0.15, 0.2) is 59.5 Å². The summed E-state index contributed by atoms with van der Waals surface area (Å²) >= 11 is 0. The highest BCUT2D eigenvalue weighted by molar-refractivity contribution is 7.86. The van der Waals surface area contributed by atoms with Gasteiger partial charge >= 0.3 is 6.09 Å². The molecule has 0 aromatic heterocycles. The van der Waals surface area contributed by atoms with Crippen molar-refractivity contribution in [1.29, 1.82) is 0 Å². The van der Waals surface area contributed by atoms with Crippen LogP contribution in [-0.4, -0.2) is 27.2 Å². The Morgan fingerprint density at radius 2 is 1.72 bits per heavy atom. The van der Waals surface area contributed by atoms with Gasteiger partial charge in [-0.3, -0.25) is 4.18 Å². The molecule has 7 heteroatoms. The third kappa shape index (κ3) is 6.21. The van der Waals surface area contributed by atoms with Crippen LogP contribution in [0.1, 0.15) is 18.1 Å². The number of amides is 1. The van der Waals surface area contributed by atoms with Crippen LogP contribution in [0.4, 0.5) is 4.79 Å². The number of carbonyl (C=O) groups excluding carboxylic acids is 1. The zero-order chi connectivity index (χ0) is 18.3. The first kappa shape index (κ1) is 19.0. The molecule has 1 amide bonds. The van der Waals surface area contributed by atoms with E-state index >= 15 is 0 Å². The SMILES string of the molecule is Cc1ccc(S(=O)(=O)O[C@@H](C)CNC(=O)OCc2ccccc2)cc1. The third-order valence-corrected chi connectivity index (χ3v) is 4.78. The summed E-state index contributed by atoms with van der Waals surface area (Å²) in [6.45, 7) is 3.58. The number of carbonyl (C=O) groups is 1. The van der Waals surface area contributed by atoms with Crippen molar-refractivity contribution in [2.24, 2.45) is 0 Å². The van der Waals surface area contributed by atoms with Gasteiger partial charge in [0.05, 0.1) is 11.0 Å². The molecule has 0 spiro atoms. The van der Waals surface area contributed by atoms with Crippen LogP contribution >= 0.6 is 0 Å². The Balaban J connectivity index is 1.78. The Morgan fingerprint density at radius 1 is 1.08 bits per heavy atom. The Hall–Kier alpha value is -2.38. The van der Waals surface area contributed by atoms with E-state index in [0.717, 1.165) is 11.1 Å². The molecule has 0 saturated carbocycles. The van der Waals surface area contributed by atoms with Crippen molar-refractivity contribution in [3.05, 3.63) is 65.7 Å². The molecular weight excluding hydrogens is 342 g/mol. The number of alkyl carbamates (subject to hydrolysis) is 1. The molecule has 0 aliphatic rings. The zero-order valence-electron chi connectivity index (χ0n) is 14.1. The molecule has 0 radical (unpaired) electrons. The molecule has 6 nitrogen and oxygen atoms in total. The van der Waals surface area contributed by atoms with Gasteiger partial charge < -0.3 is 10.1 Å². The smallest absolute Gasteiger partial charge is 0.407 e. The quantitative estimate of drug-likeness (QED) is 0.765. The van der Waals surface area contributed by atoms with Gasteiger partial charge in [-0.1, -0.05) is 48.0 Å². The van der Waals surface area contributed by atoms with Gasteiger partial charge in [-0.05, 0) is 31.5 Å². The fraction of sp³-hybridized carbons (Fsp3) is 0.278. The van der Waals surface area contributed by atoms with E-state index in [4.69, 9.17) is 8.92 Å². The fourth-order valence-corrected chi connectivity index (χ4v) is 3.09. The summed E-state index contributed by atoms with van der Waals surface area (Å²) in [5.41, 5.74) is 1.82. The summed E-state index contributed by atoms with van der Waals surface area (Å²) in [4.78, 5) is 11.7. The molecule has 0 aliphatic carbocycles. The molecule has 0 bridgehead atoms. The molecular formula is C18H21NO5S. The van der Waals surface area contributed by atoms with Gasteiger partial charge in [-0.25, -0.2) is 4.79 Å². The van der Waals surface area contributed by atoms with Gasteiger partial charge in [0.2, 0.25) is 0 Å². The second-order valence-electron chi connectivity index (χ2n) is 5.62. The maximum Gasteiger partial charge on any atom is 0.407 e. The maximum absolute atomic E-state index is 12.1. The molecule has 0 aliphatic heterocycles. The molecule has 0 heterocycles. The molecule has 2 rings (SSSR count). The van der Waals surface area contributed by atoms with Crippen LogP contribution in [0.25, 0.3) is 0 Å². The van der Waals surface area contributed by atoms with Crippen LogP contribution in [0.3, 0.4) is 0 Å². The molecule has 2 aromatic rings. The van der Waals surface area contributed by atoms with Gasteiger partial charge in [-0.15, -0.1) is 0 Å². The van der Waals surface area contributed by atoms with Gasteiger partial charge in [0, 0.05) is 6.54 Å². The van der Waals surface area contributed by atoms with E-state index in [1.807, 2.05) is 37.3 Å². The van der Waals surface area contributed by atoms with Gasteiger partial charge in [0.15, 0.2) is 0 Å². The van der Waals surface area contributed by atoms with E-state index in [0.29, 0.717) is 0 Å². The first-order valence-corrected chi connectivity index (χ1v) is 9.22. The van der Waals surface area contributed by atoms with Crippen LogP contribution in [-0.2, 0) is 25.6 Å². The summed E-state index contributed by atoms with van der Waals surface area (Å²) in [5, 5.41) is 2.49. The lowest BCUT2D eigenvalue weighted by Crippen LogP contribution is -2.33. The van der Waals surface area contributed by atoms with Gasteiger partial charge in [0.25, 0.3) is 10.1 Å². The second kappa shape index (κ2) is 8.64. The van der Waals surface area contributed by atoms with E-state index in [-0.39, 0.29) is 18.0 Å². The van der Waals surface area contributed by atoms with Crippen LogP contribution < -0.4 is 5.32 Å². The number of nitrogens with one attached hydrogen (secondary N) is 1. The van der Waals surface area contributed by atoms with Gasteiger partial charge in [-0.2, -0.15) is 8.42 Å². The minimum atomic E-state index is -3.87. The topological polar surface area (TPSA) is 81.7 Å². The number of hydrogen-bond donors (Lipinski definition) is 1. The molecule has 0 fully saturated rings. The van der Waals surface area contributed by atoms with Crippen molar-refractivity contribution >= 4 is 16.2 Å². The summed E-state index contributed by atoms with van der Waals surface area (Å²) in [7, 11) is -3.87. The first-order chi connectivity index (χ1) is 11.9. The first-order valence-electron chi connectivity index (χ1n) is 7.81. The van der Waals surface area contributed by atoms with Crippen LogP contribution in [0, 0.1) is 6.92 Å². The van der Waals surface area contributed by atoms with E-state index < -0.39 is 22.3 Å². The second-order valence-corrected chi connectivity index (χ2v) is 7.19. The highest BCUT2D eigenvalue weighted by Gasteiger charge is 2.19. The van der Waals surface area contributed by atoms with Crippen molar-refractivity contribution in [3.8, 4) is 0 Å². The molecule has 0 unspecified atom stereocenters. The van der Waals surface area contributed by atoms with Crippen LogP contribution in [0.5, 0.6) is 0 Å². The number of benzene rings is 2. The van der Waals surface area contributed by atoms with Crippen LogP contribution in [0.2, 0.25) is 0 Å². The maximum atomic E-state index is 12.1. The Labute approximate surface area is 147 Å². The van der Waals surface area contributed by atoms with Crippen molar-refractivity contribution in [2.45, 2.75) is 31.5 Å². The lowest BCUT2D eigenvalue weighted by Gasteiger charge is -2.14. The van der Waals surface area contributed by atoms with E-state index in [9.17, 15) is 13.2 Å². The molecule has 1 atom stereocenters. The standard InChI is InChI=1S/C18H21NO5S/c1-14-8-10-17(11-9-14)25(21,22)24-15(2)12-19-18(20)23-13-16-6-4-3-5-7-16/h3-11,15H,12-13H2,1-2H3,(H,19,20)/t15-/m0/s1. The number of aryl methyl sites for hydroxylation is 1. The predicted molar refractivity (Wildman–Crippen MR) is 93.5 cm³/mol. The normalized spacial score (nSPS) is 12.4. The highest BCUT2D eigenvalue weighted by Crippen LogP contribution is 2.14. The van der Waals surface area contributed by atoms with Crippen molar-refractivity contribution < 1.29 is 22.1 Å². The van der Waals surface area contributed by atoms with Crippen molar-refractivity contribution in [1.82, 2.24) is 5.32 Å². The van der Waals surface area contributed by atoms with E-state index in [1.54, 1.807) is 19.1 Å². The highest BCUT2D eigenvalue weighted by atomic mass is 32.2. The Bertz CT molecular complexity index is 788. The Morgan fingerprint density at radius 3 is 2.36 bits per heavy atom. The molecule has 2 aromatic carbocycles. The third-order valence-electron chi connectivity index (χ3n) is 3.35. The van der Waals surface area contributed by atoms with Crippen molar-refractivity contribution in [3.63, 3.8) is 0 Å². The average Bonchev–Trinajstić information content (AvgIpc) is 2.59. The summed E-state index contributed by atoms with van der Waals surface area (Å²) in [5.74, 6) is 0.